The lowest BCUT2D eigenvalue weighted by Gasteiger charge is -2.22. The Kier molecular flexibility index (Phi) is 6.36. The van der Waals surface area contributed by atoms with E-state index in [0.717, 1.165) is 43.9 Å². The maximum absolute atomic E-state index is 5.46. The van der Waals surface area contributed by atoms with Crippen molar-refractivity contribution in [3.05, 3.63) is 42.1 Å². The summed E-state index contributed by atoms with van der Waals surface area (Å²) in [6.45, 7) is 3.63. The number of furan rings is 1. The molecular weight excluding hydrogens is 280 g/mol. The zero-order valence-electron chi connectivity index (χ0n) is 13.5. The van der Waals surface area contributed by atoms with Crippen LogP contribution in [0.25, 0.3) is 0 Å². The van der Waals surface area contributed by atoms with Crippen LogP contribution in [0.5, 0.6) is 6.01 Å². The first-order chi connectivity index (χ1) is 10.7. The molecule has 6 heteroatoms. The number of methoxy groups -OCH3 is 1. The molecule has 0 unspecified atom stereocenters. The first kappa shape index (κ1) is 16.5. The molecule has 0 aliphatic heterocycles. The summed E-state index contributed by atoms with van der Waals surface area (Å²) in [6.07, 6.45) is 6.44. The number of hydrogen-bond donors (Lipinski definition) is 0. The van der Waals surface area contributed by atoms with E-state index in [-0.39, 0.29) is 0 Å². The van der Waals surface area contributed by atoms with Gasteiger partial charge in [0.15, 0.2) is 0 Å². The summed E-state index contributed by atoms with van der Waals surface area (Å²) in [6, 6.07) is 4.32. The number of rotatable bonds is 9. The molecule has 22 heavy (non-hydrogen) atoms. The van der Waals surface area contributed by atoms with Crippen LogP contribution < -0.4 is 4.74 Å². The maximum atomic E-state index is 5.46. The minimum Gasteiger partial charge on any atom is -0.468 e. The standard InChI is InChI=1S/C16H24N4O2/c1-19(2)7-5-8-20(13-15-6-4-9-22-15)12-14-10-17-16(21-3)18-11-14/h4,6,9-11H,5,7-8,12-13H2,1-3H3. The van der Waals surface area contributed by atoms with Crippen LogP contribution in [0.3, 0.4) is 0 Å². The van der Waals surface area contributed by atoms with Crippen molar-refractivity contribution in [1.29, 1.82) is 0 Å². The normalized spacial score (nSPS) is 11.3. The molecule has 6 nitrogen and oxygen atoms in total. The summed E-state index contributed by atoms with van der Waals surface area (Å²) in [5, 5.41) is 0. The van der Waals surface area contributed by atoms with Gasteiger partial charge in [-0.15, -0.1) is 0 Å². The SMILES string of the molecule is COc1ncc(CN(CCCN(C)C)Cc2ccco2)cn1. The fraction of sp³-hybridized carbons (Fsp3) is 0.500. The summed E-state index contributed by atoms with van der Waals surface area (Å²) in [5.41, 5.74) is 1.07. The van der Waals surface area contributed by atoms with Crippen molar-refractivity contribution in [2.24, 2.45) is 0 Å². The second-order valence-electron chi connectivity index (χ2n) is 5.52. The average Bonchev–Trinajstić information content (AvgIpc) is 3.00. The van der Waals surface area contributed by atoms with E-state index < -0.39 is 0 Å². The topological polar surface area (TPSA) is 54.6 Å². The number of hydrogen-bond acceptors (Lipinski definition) is 6. The van der Waals surface area contributed by atoms with E-state index in [1.54, 1.807) is 13.4 Å². The summed E-state index contributed by atoms with van der Waals surface area (Å²) >= 11 is 0. The smallest absolute Gasteiger partial charge is 0.316 e. The predicted molar refractivity (Wildman–Crippen MR) is 84.6 cm³/mol. The van der Waals surface area contributed by atoms with Gasteiger partial charge in [-0.25, -0.2) is 9.97 Å². The minimum atomic E-state index is 0.397. The summed E-state index contributed by atoms with van der Waals surface area (Å²) in [7, 11) is 5.75. The molecule has 0 aliphatic carbocycles. The second-order valence-corrected chi connectivity index (χ2v) is 5.52. The Bertz CT molecular complexity index is 526. The molecule has 0 N–H and O–H groups in total. The average molecular weight is 304 g/mol. The van der Waals surface area contributed by atoms with Crippen LogP contribution >= 0.6 is 0 Å². The van der Waals surface area contributed by atoms with Crippen molar-refractivity contribution in [3.8, 4) is 6.01 Å². The Balaban J connectivity index is 1.95. The molecule has 0 aliphatic rings. The van der Waals surface area contributed by atoms with Gasteiger partial charge >= 0.3 is 6.01 Å². The molecule has 0 aromatic carbocycles. The highest BCUT2D eigenvalue weighted by molar-refractivity contribution is 5.08. The maximum Gasteiger partial charge on any atom is 0.316 e. The lowest BCUT2D eigenvalue weighted by atomic mass is 10.2. The van der Waals surface area contributed by atoms with E-state index in [1.807, 2.05) is 24.5 Å². The molecule has 120 valence electrons. The Labute approximate surface area is 131 Å². The summed E-state index contributed by atoms with van der Waals surface area (Å²) in [4.78, 5) is 12.9. The van der Waals surface area contributed by atoms with Gasteiger partial charge in [0.25, 0.3) is 0 Å². The van der Waals surface area contributed by atoms with Gasteiger partial charge in [0.1, 0.15) is 5.76 Å². The van der Waals surface area contributed by atoms with E-state index in [2.05, 4.69) is 33.9 Å². The van der Waals surface area contributed by atoms with E-state index in [0.29, 0.717) is 6.01 Å². The van der Waals surface area contributed by atoms with Gasteiger partial charge in [-0.2, -0.15) is 0 Å². The van der Waals surface area contributed by atoms with Crippen LogP contribution in [0, 0.1) is 0 Å². The lowest BCUT2D eigenvalue weighted by Crippen LogP contribution is -2.26. The van der Waals surface area contributed by atoms with Gasteiger partial charge in [-0.1, -0.05) is 0 Å². The van der Waals surface area contributed by atoms with Gasteiger partial charge in [-0.05, 0) is 39.2 Å². The molecular formula is C16H24N4O2. The van der Waals surface area contributed by atoms with Crippen LogP contribution in [-0.2, 0) is 13.1 Å². The quantitative estimate of drug-likeness (QED) is 0.706. The number of ether oxygens (including phenoxy) is 1. The van der Waals surface area contributed by atoms with Crippen molar-refractivity contribution in [3.63, 3.8) is 0 Å². The summed E-state index contributed by atoms with van der Waals surface area (Å²) in [5.74, 6) is 0.972. The fourth-order valence-electron chi connectivity index (χ4n) is 2.24. The Morgan fingerprint density at radius 2 is 1.91 bits per heavy atom. The molecule has 0 atom stereocenters. The van der Waals surface area contributed by atoms with Crippen molar-refractivity contribution in [2.75, 3.05) is 34.3 Å². The first-order valence-corrected chi connectivity index (χ1v) is 7.41. The number of aromatic nitrogens is 2. The van der Waals surface area contributed by atoms with Gasteiger partial charge in [0.05, 0.1) is 19.9 Å². The molecule has 0 fully saturated rings. The third-order valence-corrected chi connectivity index (χ3v) is 3.31. The molecule has 0 bridgehead atoms. The predicted octanol–water partition coefficient (Wildman–Crippen LogP) is 2.03. The van der Waals surface area contributed by atoms with Gasteiger partial charge in [0.2, 0.25) is 0 Å². The van der Waals surface area contributed by atoms with Crippen molar-refractivity contribution >= 4 is 0 Å². The van der Waals surface area contributed by atoms with E-state index in [9.17, 15) is 0 Å². The molecule has 2 heterocycles. The van der Waals surface area contributed by atoms with Gasteiger partial charge in [0, 0.05) is 31.0 Å². The second kappa shape index (κ2) is 8.51. The highest BCUT2D eigenvalue weighted by atomic mass is 16.5. The third-order valence-electron chi connectivity index (χ3n) is 3.31. The van der Waals surface area contributed by atoms with Gasteiger partial charge in [-0.3, -0.25) is 4.90 Å². The molecule has 0 saturated heterocycles. The van der Waals surface area contributed by atoms with E-state index in [1.165, 1.54) is 0 Å². The zero-order valence-corrected chi connectivity index (χ0v) is 13.5. The van der Waals surface area contributed by atoms with Crippen LogP contribution in [0.2, 0.25) is 0 Å². The Morgan fingerprint density at radius 3 is 2.50 bits per heavy atom. The monoisotopic (exact) mass is 304 g/mol. The van der Waals surface area contributed by atoms with E-state index >= 15 is 0 Å². The molecule has 0 saturated carbocycles. The largest absolute Gasteiger partial charge is 0.468 e. The van der Waals surface area contributed by atoms with Crippen molar-refractivity contribution in [2.45, 2.75) is 19.5 Å². The van der Waals surface area contributed by atoms with Gasteiger partial charge < -0.3 is 14.1 Å². The highest BCUT2D eigenvalue weighted by Gasteiger charge is 2.10. The van der Waals surface area contributed by atoms with Crippen LogP contribution in [-0.4, -0.2) is 54.1 Å². The molecule has 2 aromatic rings. The first-order valence-electron chi connectivity index (χ1n) is 7.41. The zero-order chi connectivity index (χ0) is 15.8. The molecule has 2 aromatic heterocycles. The molecule has 0 spiro atoms. The van der Waals surface area contributed by atoms with Crippen molar-refractivity contribution in [1.82, 2.24) is 19.8 Å². The van der Waals surface area contributed by atoms with Crippen LogP contribution in [0.4, 0.5) is 0 Å². The van der Waals surface area contributed by atoms with Crippen molar-refractivity contribution < 1.29 is 9.15 Å². The minimum absolute atomic E-state index is 0.397. The Hall–Kier alpha value is -1.92. The molecule has 2 rings (SSSR count). The third kappa shape index (κ3) is 5.46. The van der Waals surface area contributed by atoms with Crippen LogP contribution in [0.15, 0.2) is 35.2 Å². The number of nitrogens with zero attached hydrogens (tertiary/aromatic N) is 4. The molecule has 0 amide bonds. The lowest BCUT2D eigenvalue weighted by molar-refractivity contribution is 0.221. The highest BCUT2D eigenvalue weighted by Crippen LogP contribution is 2.11. The molecule has 0 radical (unpaired) electrons. The Morgan fingerprint density at radius 1 is 1.14 bits per heavy atom. The summed E-state index contributed by atoms with van der Waals surface area (Å²) < 4.78 is 10.5. The van der Waals surface area contributed by atoms with Crippen LogP contribution in [0.1, 0.15) is 17.7 Å². The fourth-order valence-corrected chi connectivity index (χ4v) is 2.24. The van der Waals surface area contributed by atoms with E-state index in [4.69, 9.17) is 9.15 Å².